The van der Waals surface area contributed by atoms with Gasteiger partial charge in [-0.3, -0.25) is 9.80 Å². The van der Waals surface area contributed by atoms with Gasteiger partial charge in [0, 0.05) is 54.9 Å². The van der Waals surface area contributed by atoms with Crippen LogP contribution in [0.3, 0.4) is 0 Å². The molecule has 0 spiro atoms. The van der Waals surface area contributed by atoms with Crippen LogP contribution in [-0.2, 0) is 19.5 Å². The second-order valence-electron chi connectivity index (χ2n) is 6.53. The molecule has 2 aromatic heterocycles. The van der Waals surface area contributed by atoms with Crippen molar-refractivity contribution in [2.75, 3.05) is 19.6 Å². The number of thiophene rings is 1. The molecule has 1 atom stereocenters. The molecule has 3 rings (SSSR count). The van der Waals surface area contributed by atoms with Gasteiger partial charge in [-0.1, -0.05) is 19.9 Å². The summed E-state index contributed by atoms with van der Waals surface area (Å²) in [5, 5.41) is 2.17. The third kappa shape index (κ3) is 4.62. The summed E-state index contributed by atoms with van der Waals surface area (Å²) in [6, 6.07) is 5.07. The van der Waals surface area contributed by atoms with E-state index < -0.39 is 0 Å². The second-order valence-corrected chi connectivity index (χ2v) is 7.57. The van der Waals surface area contributed by atoms with Gasteiger partial charge in [0.05, 0.1) is 0 Å². The number of likely N-dealkylation sites (tertiary alicyclic amines) is 1. The minimum Gasteiger partial charge on any atom is -0.299 e. The molecule has 3 heterocycles. The molecule has 0 aliphatic carbocycles. The average Bonchev–Trinajstić information content (AvgIpc) is 3.27. The smallest absolute Gasteiger partial charge is 0.127 e. The van der Waals surface area contributed by atoms with E-state index in [1.807, 2.05) is 23.7 Å². The van der Waals surface area contributed by atoms with E-state index in [4.69, 9.17) is 0 Å². The Balaban J connectivity index is 1.68. The molecule has 0 amide bonds. The van der Waals surface area contributed by atoms with Gasteiger partial charge in [0.1, 0.15) is 5.82 Å². The summed E-state index contributed by atoms with van der Waals surface area (Å²) in [5.41, 5.74) is 1.21. The largest absolute Gasteiger partial charge is 0.299 e. The van der Waals surface area contributed by atoms with Crippen molar-refractivity contribution >= 4 is 11.3 Å². The van der Waals surface area contributed by atoms with E-state index >= 15 is 0 Å². The molecule has 5 heteroatoms. The maximum Gasteiger partial charge on any atom is 0.127 e. The minimum atomic E-state index is 0.686. The Kier molecular flexibility index (Phi) is 6.35. The quantitative estimate of drug-likeness (QED) is 0.732. The second kappa shape index (κ2) is 8.70. The Morgan fingerprint density at radius 1 is 1.25 bits per heavy atom. The lowest BCUT2D eigenvalue weighted by Gasteiger charge is -2.30. The molecule has 1 aliphatic heterocycles. The van der Waals surface area contributed by atoms with E-state index in [9.17, 15) is 0 Å². The lowest BCUT2D eigenvalue weighted by atomic mass is 10.2. The van der Waals surface area contributed by atoms with Crippen LogP contribution in [0.25, 0.3) is 0 Å². The number of hydrogen-bond donors (Lipinski definition) is 0. The molecule has 1 unspecified atom stereocenters. The fraction of sp³-hybridized carbons (Fsp3) is 0.579. The Hall–Kier alpha value is -1.30. The first-order valence-corrected chi connectivity index (χ1v) is 9.95. The molecule has 1 aliphatic rings. The fourth-order valence-electron chi connectivity index (χ4n) is 3.53. The Morgan fingerprint density at radius 2 is 2.08 bits per heavy atom. The SMILES string of the molecule is CCc1ncc(CN(Cc2cccs2)CC2CCCN2CC)cn1. The molecule has 4 nitrogen and oxygen atoms in total. The van der Waals surface area contributed by atoms with Gasteiger partial charge >= 0.3 is 0 Å². The highest BCUT2D eigenvalue weighted by atomic mass is 32.1. The summed E-state index contributed by atoms with van der Waals surface area (Å²) in [4.78, 5) is 15.5. The number of hydrogen-bond acceptors (Lipinski definition) is 5. The first-order valence-electron chi connectivity index (χ1n) is 9.07. The van der Waals surface area contributed by atoms with Crippen LogP contribution < -0.4 is 0 Å². The first kappa shape index (κ1) is 17.5. The third-order valence-corrected chi connectivity index (χ3v) is 5.68. The highest BCUT2D eigenvalue weighted by Gasteiger charge is 2.25. The number of aromatic nitrogens is 2. The van der Waals surface area contributed by atoms with Crippen LogP contribution >= 0.6 is 11.3 Å². The van der Waals surface area contributed by atoms with Gasteiger partial charge in [-0.05, 0) is 37.4 Å². The summed E-state index contributed by atoms with van der Waals surface area (Å²) in [6.45, 7) is 9.85. The topological polar surface area (TPSA) is 32.3 Å². The maximum atomic E-state index is 4.46. The van der Waals surface area contributed by atoms with Gasteiger partial charge in [0.2, 0.25) is 0 Å². The average molecular weight is 345 g/mol. The molecule has 0 radical (unpaired) electrons. The van der Waals surface area contributed by atoms with Gasteiger partial charge < -0.3 is 0 Å². The van der Waals surface area contributed by atoms with Crippen LogP contribution in [-0.4, -0.2) is 45.4 Å². The number of rotatable bonds is 8. The summed E-state index contributed by atoms with van der Waals surface area (Å²) in [5.74, 6) is 0.927. The van der Waals surface area contributed by atoms with E-state index in [-0.39, 0.29) is 0 Å². The lowest BCUT2D eigenvalue weighted by molar-refractivity contribution is 0.166. The summed E-state index contributed by atoms with van der Waals surface area (Å²) in [6.07, 6.45) is 7.55. The Labute approximate surface area is 149 Å². The van der Waals surface area contributed by atoms with Crippen molar-refractivity contribution < 1.29 is 0 Å². The monoisotopic (exact) mass is 344 g/mol. The molecular formula is C19H28N4S. The molecule has 0 saturated carbocycles. The van der Waals surface area contributed by atoms with Crippen LogP contribution in [0.2, 0.25) is 0 Å². The molecule has 24 heavy (non-hydrogen) atoms. The van der Waals surface area contributed by atoms with Gasteiger partial charge in [0.15, 0.2) is 0 Å². The van der Waals surface area contributed by atoms with Crippen LogP contribution in [0.5, 0.6) is 0 Å². The maximum absolute atomic E-state index is 4.46. The normalized spacial score (nSPS) is 18.5. The van der Waals surface area contributed by atoms with Crippen molar-refractivity contribution in [1.82, 2.24) is 19.8 Å². The molecular weight excluding hydrogens is 316 g/mol. The van der Waals surface area contributed by atoms with Crippen molar-refractivity contribution in [3.63, 3.8) is 0 Å². The van der Waals surface area contributed by atoms with E-state index in [1.54, 1.807) is 0 Å². The first-order chi connectivity index (χ1) is 11.8. The van der Waals surface area contributed by atoms with Crippen LogP contribution in [0.4, 0.5) is 0 Å². The van der Waals surface area contributed by atoms with E-state index in [1.165, 1.54) is 29.8 Å². The van der Waals surface area contributed by atoms with E-state index in [0.29, 0.717) is 6.04 Å². The predicted octanol–water partition coefficient (Wildman–Crippen LogP) is 3.59. The third-order valence-electron chi connectivity index (χ3n) is 4.81. The summed E-state index contributed by atoms with van der Waals surface area (Å²) >= 11 is 1.85. The van der Waals surface area contributed by atoms with Gasteiger partial charge in [-0.25, -0.2) is 9.97 Å². The molecule has 1 fully saturated rings. The molecule has 0 aromatic carbocycles. The lowest BCUT2D eigenvalue weighted by Crippen LogP contribution is -2.39. The number of nitrogens with zero attached hydrogens (tertiary/aromatic N) is 4. The van der Waals surface area contributed by atoms with Crippen LogP contribution in [0.1, 0.15) is 43.0 Å². The Bertz CT molecular complexity index is 596. The van der Waals surface area contributed by atoms with Gasteiger partial charge in [-0.2, -0.15) is 0 Å². The van der Waals surface area contributed by atoms with Crippen molar-refractivity contribution in [2.45, 2.75) is 52.2 Å². The molecule has 1 saturated heterocycles. The fourth-order valence-corrected chi connectivity index (χ4v) is 4.27. The van der Waals surface area contributed by atoms with E-state index in [0.717, 1.165) is 38.4 Å². The zero-order chi connectivity index (χ0) is 16.8. The molecule has 0 bridgehead atoms. The van der Waals surface area contributed by atoms with Gasteiger partial charge in [-0.15, -0.1) is 11.3 Å². The Morgan fingerprint density at radius 3 is 2.75 bits per heavy atom. The minimum absolute atomic E-state index is 0.686. The molecule has 130 valence electrons. The molecule has 2 aromatic rings. The van der Waals surface area contributed by atoms with E-state index in [2.05, 4.69) is 51.1 Å². The number of aryl methyl sites for hydroxylation is 1. The zero-order valence-electron chi connectivity index (χ0n) is 14.8. The van der Waals surface area contributed by atoms with Crippen LogP contribution in [0.15, 0.2) is 29.9 Å². The summed E-state index contributed by atoms with van der Waals surface area (Å²) < 4.78 is 0. The van der Waals surface area contributed by atoms with Crippen molar-refractivity contribution in [3.05, 3.63) is 46.2 Å². The standard InChI is InChI=1S/C19H28N4S/c1-3-19-20-11-16(12-21-19)13-22(15-18-8-6-10-24-18)14-17-7-5-9-23(17)4-2/h6,8,10-12,17H,3-5,7,9,13-15H2,1-2H3. The van der Waals surface area contributed by atoms with Crippen LogP contribution in [0, 0.1) is 0 Å². The highest BCUT2D eigenvalue weighted by Crippen LogP contribution is 2.21. The predicted molar refractivity (Wildman–Crippen MR) is 100 cm³/mol. The number of likely N-dealkylation sites (N-methyl/N-ethyl adjacent to an activating group) is 1. The molecule has 0 N–H and O–H groups in total. The highest BCUT2D eigenvalue weighted by molar-refractivity contribution is 7.09. The van der Waals surface area contributed by atoms with Crippen molar-refractivity contribution in [3.8, 4) is 0 Å². The summed E-state index contributed by atoms with van der Waals surface area (Å²) in [7, 11) is 0. The van der Waals surface area contributed by atoms with Gasteiger partial charge in [0.25, 0.3) is 0 Å². The zero-order valence-corrected chi connectivity index (χ0v) is 15.6. The van der Waals surface area contributed by atoms with Crippen molar-refractivity contribution in [2.24, 2.45) is 0 Å². The van der Waals surface area contributed by atoms with Crippen molar-refractivity contribution in [1.29, 1.82) is 0 Å².